The van der Waals surface area contributed by atoms with Gasteiger partial charge in [0.25, 0.3) is 0 Å². The van der Waals surface area contributed by atoms with Crippen LogP contribution in [0.2, 0.25) is 0 Å². The third-order valence-corrected chi connectivity index (χ3v) is 9.43. The number of piperidine rings is 2. The van der Waals surface area contributed by atoms with E-state index in [4.69, 9.17) is 28.4 Å². The molecule has 0 spiro atoms. The summed E-state index contributed by atoms with van der Waals surface area (Å²) in [7, 11) is 0. The number of hydrogen-bond acceptors (Lipinski definition) is 8. The molecular formula is C38H45Cl2F2N2NaO7. The maximum atomic E-state index is 13.2. The van der Waals surface area contributed by atoms with Crippen molar-refractivity contribution in [2.45, 2.75) is 24.7 Å². The number of halogens is 4. The average molecular weight is 774 g/mol. The van der Waals surface area contributed by atoms with E-state index in [2.05, 4.69) is 10.6 Å². The molecule has 0 unspecified atom stereocenters. The molecule has 0 aliphatic carbocycles. The molecule has 8 rings (SSSR count). The van der Waals surface area contributed by atoms with Gasteiger partial charge in [-0.1, -0.05) is 24.3 Å². The van der Waals surface area contributed by atoms with E-state index in [1.807, 2.05) is 60.7 Å². The number of hydrogen-bond donors (Lipinski definition) is 2. The van der Waals surface area contributed by atoms with Crippen molar-refractivity contribution in [2.75, 3.05) is 53.0 Å². The van der Waals surface area contributed by atoms with Crippen molar-refractivity contribution in [3.63, 3.8) is 0 Å². The van der Waals surface area contributed by atoms with E-state index in [9.17, 15) is 8.78 Å². The van der Waals surface area contributed by atoms with E-state index in [1.54, 1.807) is 0 Å². The summed E-state index contributed by atoms with van der Waals surface area (Å²) in [5.74, 6) is 5.57. The van der Waals surface area contributed by atoms with Crippen molar-refractivity contribution in [3.8, 4) is 34.5 Å². The van der Waals surface area contributed by atoms with E-state index >= 15 is 0 Å². The van der Waals surface area contributed by atoms with Gasteiger partial charge in [-0.3, -0.25) is 0 Å². The summed E-state index contributed by atoms with van der Waals surface area (Å²) in [4.78, 5) is 0. The Balaban J connectivity index is 0.000000260. The van der Waals surface area contributed by atoms with Gasteiger partial charge in [0.05, 0.1) is 13.2 Å². The van der Waals surface area contributed by atoms with Gasteiger partial charge in [0.2, 0.25) is 13.6 Å². The zero-order valence-electron chi connectivity index (χ0n) is 28.0. The van der Waals surface area contributed by atoms with E-state index in [0.29, 0.717) is 36.9 Å². The van der Waals surface area contributed by atoms with Crippen LogP contribution in [0.5, 0.6) is 34.5 Å². The van der Waals surface area contributed by atoms with E-state index in [0.717, 1.165) is 73.5 Å². The monoisotopic (exact) mass is 772 g/mol. The first kappa shape index (κ1) is 43.4. The minimum absolute atomic E-state index is 0. The molecule has 4 atom stereocenters. The van der Waals surface area contributed by atoms with Gasteiger partial charge in [0.1, 0.15) is 23.1 Å². The molecule has 4 aromatic carbocycles. The molecule has 2 fully saturated rings. The zero-order valence-corrected chi connectivity index (χ0v) is 29.6. The second-order valence-electron chi connectivity index (χ2n) is 12.5. The summed E-state index contributed by atoms with van der Waals surface area (Å²) in [6.07, 6.45) is 2.06. The number of nitrogens with one attached hydrogen (secondary N) is 2. The normalized spacial score (nSPS) is 20.7. The molecular weight excluding hydrogens is 728 g/mol. The Bertz CT molecular complexity index is 1550. The number of benzene rings is 4. The summed E-state index contributed by atoms with van der Waals surface area (Å²) in [6.45, 7) is 5.48. The van der Waals surface area contributed by atoms with Crippen molar-refractivity contribution in [2.24, 2.45) is 11.8 Å². The van der Waals surface area contributed by atoms with Gasteiger partial charge in [-0.2, -0.15) is 0 Å². The Hall–Kier alpha value is -3.00. The Kier molecular flexibility index (Phi) is 17.6. The van der Waals surface area contributed by atoms with Crippen molar-refractivity contribution >= 4 is 54.4 Å². The number of ether oxygens (including phenoxy) is 6. The molecule has 0 amide bonds. The summed E-state index contributed by atoms with van der Waals surface area (Å²) in [6, 6.07) is 25.0. The predicted molar refractivity (Wildman–Crippen MR) is 202 cm³/mol. The van der Waals surface area contributed by atoms with Gasteiger partial charge in [-0.15, -0.1) is 24.8 Å². The fourth-order valence-electron chi connectivity index (χ4n) is 6.83. The van der Waals surface area contributed by atoms with Crippen molar-refractivity contribution in [1.82, 2.24) is 10.6 Å². The molecule has 4 N–H and O–H groups in total. The van der Waals surface area contributed by atoms with Gasteiger partial charge in [0.15, 0.2) is 23.0 Å². The molecule has 9 nitrogen and oxygen atoms in total. The zero-order chi connectivity index (χ0) is 32.7. The molecule has 278 valence electrons. The van der Waals surface area contributed by atoms with E-state index in [-0.39, 0.29) is 85.1 Å². The third-order valence-electron chi connectivity index (χ3n) is 9.43. The molecule has 4 aliphatic rings. The minimum atomic E-state index is -0.194. The average Bonchev–Trinajstić information content (AvgIpc) is 3.80. The Morgan fingerprint density at radius 1 is 0.558 bits per heavy atom. The van der Waals surface area contributed by atoms with Crippen molar-refractivity contribution < 1.29 is 42.7 Å². The Morgan fingerprint density at radius 2 is 0.942 bits per heavy atom. The van der Waals surface area contributed by atoms with Gasteiger partial charge in [-0.25, -0.2) is 8.78 Å². The molecule has 52 heavy (non-hydrogen) atoms. The van der Waals surface area contributed by atoms with Crippen LogP contribution in [0, 0.1) is 23.5 Å². The molecule has 4 aromatic rings. The van der Waals surface area contributed by atoms with Crippen LogP contribution < -0.4 is 39.1 Å². The number of fused-ring (bicyclic) bond motifs is 2. The maximum absolute atomic E-state index is 13.2. The summed E-state index contributed by atoms with van der Waals surface area (Å²) >= 11 is 0. The molecule has 0 aromatic heterocycles. The Morgan fingerprint density at radius 3 is 1.35 bits per heavy atom. The summed E-state index contributed by atoms with van der Waals surface area (Å²) in [5, 5.41) is 6.85. The molecule has 0 radical (unpaired) electrons. The summed E-state index contributed by atoms with van der Waals surface area (Å²) in [5.41, 5.74) is 2.36. The standard InChI is InChI=1S/2C19H20FNO3.2ClH.Na.H2O.H/c2*20-15-3-1-13(2-4-15)17-7-8-21-10-14(17)11-22-16-5-6-18-19(9-16)24-12-23-18;;;;;/h2*1-6,9,14,17,21H,7-8,10-12H2;2*1H;;1H2;/t2*14-,17-;;;;;/m00...../s1. The topological polar surface area (TPSA) is 111 Å². The molecule has 0 saturated carbocycles. The molecule has 4 heterocycles. The van der Waals surface area contributed by atoms with Crippen LogP contribution in [0.3, 0.4) is 0 Å². The van der Waals surface area contributed by atoms with Crippen LogP contribution in [0.25, 0.3) is 0 Å². The van der Waals surface area contributed by atoms with E-state index in [1.165, 1.54) is 35.4 Å². The second-order valence-corrected chi connectivity index (χ2v) is 12.5. The van der Waals surface area contributed by atoms with E-state index < -0.39 is 0 Å². The first-order valence-electron chi connectivity index (χ1n) is 16.6. The predicted octanol–water partition coefficient (Wildman–Crippen LogP) is 6.02. The Labute approximate surface area is 337 Å². The molecule has 4 aliphatic heterocycles. The van der Waals surface area contributed by atoms with Crippen LogP contribution in [0.1, 0.15) is 35.8 Å². The van der Waals surface area contributed by atoms with Gasteiger partial charge < -0.3 is 44.5 Å². The molecule has 0 bridgehead atoms. The van der Waals surface area contributed by atoms with Crippen LogP contribution in [0.4, 0.5) is 8.78 Å². The summed E-state index contributed by atoms with van der Waals surface area (Å²) < 4.78 is 59.7. The van der Waals surface area contributed by atoms with Crippen molar-refractivity contribution in [3.05, 3.63) is 108 Å². The quantitative estimate of drug-likeness (QED) is 0.209. The SMILES string of the molecule is Cl.Cl.Fc1ccc([C@@H]2CCNC[C@H]2COc2ccc3c(c2)OCO3)cc1.Fc1ccc([C@@H]2CCNC[C@H]2COc2ccc3c(c2)OCO3)cc1.O.[NaH]. The van der Waals surface area contributed by atoms with Crippen LogP contribution in [-0.2, 0) is 0 Å². The van der Waals surface area contributed by atoms with Gasteiger partial charge in [0, 0.05) is 37.1 Å². The van der Waals surface area contributed by atoms with Gasteiger partial charge >= 0.3 is 29.6 Å². The first-order chi connectivity index (χ1) is 23.6. The molecule has 2 saturated heterocycles. The fraction of sp³-hybridized carbons (Fsp3) is 0.368. The van der Waals surface area contributed by atoms with Crippen LogP contribution >= 0.6 is 24.8 Å². The number of rotatable bonds is 8. The van der Waals surface area contributed by atoms with Crippen LogP contribution in [0.15, 0.2) is 84.9 Å². The fourth-order valence-corrected chi connectivity index (χ4v) is 6.83. The third kappa shape index (κ3) is 11.0. The second kappa shape index (κ2) is 21.0. The van der Waals surface area contributed by atoms with Gasteiger partial charge in [-0.05, 0) is 97.4 Å². The first-order valence-corrected chi connectivity index (χ1v) is 16.6. The molecule has 14 heteroatoms. The van der Waals surface area contributed by atoms with Crippen molar-refractivity contribution in [1.29, 1.82) is 0 Å². The van der Waals surface area contributed by atoms with Crippen LogP contribution in [-0.4, -0.2) is 88.0 Å².